The topological polar surface area (TPSA) is 92.5 Å². The van der Waals surface area contributed by atoms with Gasteiger partial charge >= 0.3 is 0 Å². The number of thiophene rings is 1. The number of amides is 1. The Labute approximate surface area is 194 Å². The van der Waals surface area contributed by atoms with E-state index in [1.807, 2.05) is 53.9 Å². The van der Waals surface area contributed by atoms with Gasteiger partial charge in [-0.15, -0.1) is 11.3 Å². The Balaban J connectivity index is 1.19. The van der Waals surface area contributed by atoms with Crippen molar-refractivity contribution in [2.45, 2.75) is 0 Å². The summed E-state index contributed by atoms with van der Waals surface area (Å²) in [4.78, 5) is 21.2. The molecule has 0 aliphatic heterocycles. The van der Waals surface area contributed by atoms with Gasteiger partial charge in [-0.3, -0.25) is 4.79 Å². The number of rotatable bonds is 7. The van der Waals surface area contributed by atoms with E-state index in [1.54, 1.807) is 24.3 Å². The molecule has 0 fully saturated rings. The molecule has 2 aromatic heterocycles. The average Bonchev–Trinajstić information content (AvgIpc) is 3.50. The van der Waals surface area contributed by atoms with Crippen molar-refractivity contribution >= 4 is 50.6 Å². The maximum absolute atomic E-state index is 12.5. The number of hydrogen-bond donors (Lipinski definition) is 3. The number of aliphatic imine (C=N–C) groups is 1. The standard InChI is InChI=1S/C26H22N4O2S/c27-25(23-9-4-16-33-23)29-18-12-10-17(11-13-18)26(31)28-14-15-32-22-8-3-7-21-24(22)19-5-1-2-6-20(19)30-21/h1-13,16,30H,14-15H2,(H2,27,29)(H,28,31). The average molecular weight is 455 g/mol. The fourth-order valence-corrected chi connectivity index (χ4v) is 4.35. The molecular weight excluding hydrogens is 432 g/mol. The zero-order valence-electron chi connectivity index (χ0n) is 17.7. The molecule has 6 nitrogen and oxygen atoms in total. The Morgan fingerprint density at radius 1 is 0.970 bits per heavy atom. The zero-order valence-corrected chi connectivity index (χ0v) is 18.6. The lowest BCUT2D eigenvalue weighted by Crippen LogP contribution is -2.28. The highest BCUT2D eigenvalue weighted by atomic mass is 32.1. The van der Waals surface area contributed by atoms with Crippen LogP contribution in [-0.2, 0) is 0 Å². The molecule has 1 amide bonds. The second kappa shape index (κ2) is 9.18. The van der Waals surface area contributed by atoms with Crippen LogP contribution in [0.5, 0.6) is 5.75 Å². The maximum Gasteiger partial charge on any atom is 0.251 e. The van der Waals surface area contributed by atoms with Crippen LogP contribution >= 0.6 is 11.3 Å². The molecule has 7 heteroatoms. The monoisotopic (exact) mass is 454 g/mol. The lowest BCUT2D eigenvalue weighted by molar-refractivity contribution is 0.0947. The Hall–Kier alpha value is -4.10. The lowest BCUT2D eigenvalue weighted by Gasteiger charge is -2.09. The molecule has 0 saturated heterocycles. The Bertz CT molecular complexity index is 1440. The minimum atomic E-state index is -0.161. The number of nitrogens with one attached hydrogen (secondary N) is 2. The van der Waals surface area contributed by atoms with Gasteiger partial charge in [0.05, 0.1) is 22.6 Å². The van der Waals surface area contributed by atoms with Gasteiger partial charge in [-0.25, -0.2) is 4.99 Å². The van der Waals surface area contributed by atoms with Crippen LogP contribution in [0.3, 0.4) is 0 Å². The first-order valence-electron chi connectivity index (χ1n) is 10.6. The van der Waals surface area contributed by atoms with Crippen molar-refractivity contribution in [1.29, 1.82) is 0 Å². The number of hydrogen-bond acceptors (Lipinski definition) is 4. The molecule has 0 spiro atoms. The molecule has 0 bridgehead atoms. The first kappa shape index (κ1) is 20.8. The molecule has 164 valence electrons. The molecule has 5 rings (SSSR count). The summed E-state index contributed by atoms with van der Waals surface area (Å²) in [6.07, 6.45) is 0. The van der Waals surface area contributed by atoms with Crippen LogP contribution in [0.25, 0.3) is 21.8 Å². The van der Waals surface area contributed by atoms with E-state index in [4.69, 9.17) is 10.5 Å². The number of nitrogens with two attached hydrogens (primary N) is 1. The zero-order chi connectivity index (χ0) is 22.6. The van der Waals surface area contributed by atoms with Crippen molar-refractivity contribution in [3.8, 4) is 5.75 Å². The van der Waals surface area contributed by atoms with Crippen molar-refractivity contribution in [3.05, 3.63) is 94.7 Å². The molecule has 0 unspecified atom stereocenters. The fraction of sp³-hybridized carbons (Fsp3) is 0.0769. The minimum absolute atomic E-state index is 0.161. The summed E-state index contributed by atoms with van der Waals surface area (Å²) in [5.74, 6) is 1.10. The third kappa shape index (κ3) is 4.44. The van der Waals surface area contributed by atoms with Gasteiger partial charge < -0.3 is 20.8 Å². The number of nitrogens with zero attached hydrogens (tertiary/aromatic N) is 1. The van der Waals surface area contributed by atoms with E-state index < -0.39 is 0 Å². The number of ether oxygens (including phenoxy) is 1. The first-order chi connectivity index (χ1) is 16.2. The number of aromatic nitrogens is 1. The SMILES string of the molecule is NC(=Nc1ccc(C(=O)NCCOc2cccc3[nH]c4ccccc4c23)cc1)c1cccs1. The number of fused-ring (bicyclic) bond motifs is 3. The molecule has 0 radical (unpaired) electrons. The summed E-state index contributed by atoms with van der Waals surface area (Å²) in [6, 6.07) is 25.0. The molecule has 4 N–H and O–H groups in total. The van der Waals surface area contributed by atoms with Gasteiger partial charge in [0.15, 0.2) is 0 Å². The van der Waals surface area contributed by atoms with Gasteiger partial charge in [0.1, 0.15) is 18.2 Å². The summed E-state index contributed by atoms with van der Waals surface area (Å²) in [5.41, 5.74) is 9.38. The van der Waals surface area contributed by atoms with Crippen LogP contribution in [0, 0.1) is 0 Å². The number of H-pyrrole nitrogens is 1. The van der Waals surface area contributed by atoms with E-state index in [-0.39, 0.29) is 5.91 Å². The van der Waals surface area contributed by atoms with Crippen LogP contribution < -0.4 is 15.8 Å². The highest BCUT2D eigenvalue weighted by Gasteiger charge is 2.10. The van der Waals surface area contributed by atoms with Gasteiger partial charge in [0.25, 0.3) is 5.91 Å². The fourth-order valence-electron chi connectivity index (χ4n) is 3.72. The van der Waals surface area contributed by atoms with Crippen molar-refractivity contribution in [3.63, 3.8) is 0 Å². The van der Waals surface area contributed by atoms with Crippen molar-refractivity contribution in [2.24, 2.45) is 10.7 Å². The first-order valence-corrected chi connectivity index (χ1v) is 11.5. The number of para-hydroxylation sites is 1. The molecule has 3 aromatic carbocycles. The normalized spacial score (nSPS) is 11.7. The summed E-state index contributed by atoms with van der Waals surface area (Å²) in [7, 11) is 0. The Kier molecular flexibility index (Phi) is 5.78. The quantitative estimate of drug-likeness (QED) is 0.179. The predicted octanol–water partition coefficient (Wildman–Crippen LogP) is 5.23. The van der Waals surface area contributed by atoms with Crippen molar-refractivity contribution in [1.82, 2.24) is 10.3 Å². The molecule has 2 heterocycles. The molecule has 0 atom stereocenters. The molecular formula is C26H22N4O2S. The largest absolute Gasteiger partial charge is 0.491 e. The van der Waals surface area contributed by atoms with E-state index in [0.29, 0.717) is 30.2 Å². The minimum Gasteiger partial charge on any atom is -0.491 e. The van der Waals surface area contributed by atoms with Gasteiger partial charge in [-0.05, 0) is 53.9 Å². The second-order valence-electron chi connectivity index (χ2n) is 7.47. The number of benzene rings is 3. The maximum atomic E-state index is 12.5. The highest BCUT2D eigenvalue weighted by Crippen LogP contribution is 2.32. The summed E-state index contributed by atoms with van der Waals surface area (Å²) < 4.78 is 6.00. The lowest BCUT2D eigenvalue weighted by atomic mass is 10.1. The van der Waals surface area contributed by atoms with Gasteiger partial charge in [-0.2, -0.15) is 0 Å². The Morgan fingerprint density at radius 2 is 1.79 bits per heavy atom. The molecule has 0 saturated carbocycles. The van der Waals surface area contributed by atoms with Crippen molar-refractivity contribution in [2.75, 3.05) is 13.2 Å². The third-order valence-corrected chi connectivity index (χ3v) is 6.18. The molecule has 33 heavy (non-hydrogen) atoms. The van der Waals surface area contributed by atoms with Crippen LogP contribution in [0.1, 0.15) is 15.2 Å². The number of aromatic amines is 1. The summed E-state index contributed by atoms with van der Waals surface area (Å²) in [6.45, 7) is 0.757. The molecule has 5 aromatic rings. The molecule has 0 aliphatic rings. The van der Waals surface area contributed by atoms with Crippen LogP contribution in [0.15, 0.2) is 89.2 Å². The number of carbonyl (C=O) groups excluding carboxylic acids is 1. The van der Waals surface area contributed by atoms with E-state index >= 15 is 0 Å². The van der Waals surface area contributed by atoms with Gasteiger partial charge in [-0.1, -0.05) is 30.3 Å². The highest BCUT2D eigenvalue weighted by molar-refractivity contribution is 7.12. The second-order valence-corrected chi connectivity index (χ2v) is 8.42. The van der Waals surface area contributed by atoms with Gasteiger partial charge in [0, 0.05) is 21.9 Å². The van der Waals surface area contributed by atoms with Crippen molar-refractivity contribution < 1.29 is 9.53 Å². The summed E-state index contributed by atoms with van der Waals surface area (Å²) >= 11 is 1.54. The van der Waals surface area contributed by atoms with Gasteiger partial charge in [0.2, 0.25) is 0 Å². The molecule has 0 aliphatic carbocycles. The number of carbonyl (C=O) groups is 1. The van der Waals surface area contributed by atoms with E-state index in [0.717, 1.165) is 32.4 Å². The third-order valence-electron chi connectivity index (χ3n) is 5.29. The Morgan fingerprint density at radius 3 is 2.61 bits per heavy atom. The van der Waals surface area contributed by atoms with Crippen LogP contribution in [-0.4, -0.2) is 29.9 Å². The van der Waals surface area contributed by atoms with E-state index in [9.17, 15) is 4.79 Å². The predicted molar refractivity (Wildman–Crippen MR) is 135 cm³/mol. The smallest absolute Gasteiger partial charge is 0.251 e. The van der Waals surface area contributed by atoms with E-state index in [2.05, 4.69) is 21.4 Å². The van der Waals surface area contributed by atoms with E-state index in [1.165, 1.54) is 11.3 Å². The summed E-state index contributed by atoms with van der Waals surface area (Å²) in [5, 5.41) is 7.03. The van der Waals surface area contributed by atoms with Crippen LogP contribution in [0.4, 0.5) is 5.69 Å². The van der Waals surface area contributed by atoms with Crippen LogP contribution in [0.2, 0.25) is 0 Å². The number of amidine groups is 1.